The number of carbonyl (C=O) groups excluding carboxylic acids is 1. The van der Waals surface area contributed by atoms with Crippen molar-refractivity contribution in [3.05, 3.63) is 46.3 Å². The molecule has 1 aromatic carbocycles. The minimum atomic E-state index is -2.00. The Morgan fingerprint density at radius 1 is 1.30 bits per heavy atom. The Bertz CT molecular complexity index is 684. The van der Waals surface area contributed by atoms with E-state index in [9.17, 15) is 4.79 Å². The Hall–Kier alpha value is -2.02. The molecule has 0 aromatic heterocycles. The summed E-state index contributed by atoms with van der Waals surface area (Å²) in [6.07, 6.45) is -0.494. The minimum absolute atomic E-state index is 0.0145. The number of amides is 1. The van der Waals surface area contributed by atoms with Gasteiger partial charge in [-0.2, -0.15) is 0 Å². The van der Waals surface area contributed by atoms with Gasteiger partial charge in [0.25, 0.3) is 0 Å². The molecule has 1 aliphatic heterocycles. The van der Waals surface area contributed by atoms with Gasteiger partial charge in [-0.05, 0) is 29.2 Å². The SMILES string of the molecule is CC(C)(C)[Si](C)(C)O[C@H]1CN(C(=O)OCc2ccccc2)C[C@@H]1CN=[N+]=[N-]. The van der Waals surface area contributed by atoms with Crippen LogP contribution in [0.3, 0.4) is 0 Å². The third kappa shape index (κ3) is 5.72. The van der Waals surface area contributed by atoms with Crippen molar-refractivity contribution in [2.24, 2.45) is 11.0 Å². The predicted octanol–water partition coefficient (Wildman–Crippen LogP) is 4.96. The van der Waals surface area contributed by atoms with Crippen LogP contribution in [0.4, 0.5) is 4.79 Å². The van der Waals surface area contributed by atoms with Crippen LogP contribution in [0.1, 0.15) is 26.3 Å². The first-order valence-corrected chi connectivity index (χ1v) is 12.2. The van der Waals surface area contributed by atoms with E-state index in [1.54, 1.807) is 4.90 Å². The fourth-order valence-corrected chi connectivity index (χ4v) is 4.18. The average molecular weight is 391 g/mol. The molecule has 1 aromatic rings. The lowest BCUT2D eigenvalue weighted by Gasteiger charge is -2.39. The third-order valence-corrected chi connectivity index (χ3v) is 9.98. The largest absolute Gasteiger partial charge is 0.445 e. The van der Waals surface area contributed by atoms with Crippen LogP contribution in [-0.4, -0.2) is 45.0 Å². The topological polar surface area (TPSA) is 87.5 Å². The van der Waals surface area contributed by atoms with E-state index in [0.717, 1.165) is 5.56 Å². The zero-order valence-electron chi connectivity index (χ0n) is 16.9. The number of ether oxygens (including phenoxy) is 1. The molecule has 0 N–H and O–H groups in total. The molecule has 1 fully saturated rings. The van der Waals surface area contributed by atoms with Gasteiger partial charge in [0.2, 0.25) is 0 Å². The van der Waals surface area contributed by atoms with Crippen LogP contribution < -0.4 is 0 Å². The Labute approximate surface area is 162 Å². The summed E-state index contributed by atoms with van der Waals surface area (Å²) < 4.78 is 12.0. The van der Waals surface area contributed by atoms with Gasteiger partial charge in [0.15, 0.2) is 8.32 Å². The third-order valence-electron chi connectivity index (χ3n) is 5.48. The monoisotopic (exact) mass is 390 g/mol. The Morgan fingerprint density at radius 2 is 1.96 bits per heavy atom. The second-order valence-corrected chi connectivity index (χ2v) is 13.3. The number of rotatable bonds is 6. The van der Waals surface area contributed by atoms with Gasteiger partial charge >= 0.3 is 6.09 Å². The van der Waals surface area contributed by atoms with E-state index in [4.69, 9.17) is 14.7 Å². The first kappa shape index (κ1) is 21.3. The van der Waals surface area contributed by atoms with Crippen molar-refractivity contribution in [2.75, 3.05) is 19.6 Å². The van der Waals surface area contributed by atoms with Crippen molar-refractivity contribution < 1.29 is 14.0 Å². The predicted molar refractivity (Wildman–Crippen MR) is 108 cm³/mol. The molecule has 27 heavy (non-hydrogen) atoms. The molecule has 2 atom stereocenters. The molecule has 1 heterocycles. The van der Waals surface area contributed by atoms with Crippen molar-refractivity contribution in [2.45, 2.75) is 51.6 Å². The summed E-state index contributed by atoms with van der Waals surface area (Å²) in [4.78, 5) is 17.0. The average Bonchev–Trinajstić information content (AvgIpc) is 3.00. The van der Waals surface area contributed by atoms with Crippen LogP contribution in [-0.2, 0) is 15.8 Å². The second kappa shape index (κ2) is 8.78. The lowest BCUT2D eigenvalue weighted by Crippen LogP contribution is -2.46. The van der Waals surface area contributed by atoms with Crippen LogP contribution in [0.2, 0.25) is 18.1 Å². The zero-order valence-corrected chi connectivity index (χ0v) is 17.9. The van der Waals surface area contributed by atoms with Crippen LogP contribution in [0.25, 0.3) is 10.4 Å². The first-order chi connectivity index (χ1) is 12.6. The Balaban J connectivity index is 2.02. The van der Waals surface area contributed by atoms with Crippen molar-refractivity contribution in [3.63, 3.8) is 0 Å². The van der Waals surface area contributed by atoms with Gasteiger partial charge in [0.1, 0.15) is 6.61 Å². The molecule has 7 nitrogen and oxygen atoms in total. The van der Waals surface area contributed by atoms with E-state index in [-0.39, 0.29) is 29.8 Å². The molecule has 8 heteroatoms. The summed E-state index contributed by atoms with van der Waals surface area (Å²) in [6.45, 7) is 12.4. The molecule has 1 amide bonds. The molecule has 0 spiro atoms. The molecule has 1 aliphatic rings. The van der Waals surface area contributed by atoms with E-state index in [0.29, 0.717) is 19.6 Å². The number of azide groups is 1. The smallest absolute Gasteiger partial charge is 0.410 e. The van der Waals surface area contributed by atoms with Crippen molar-refractivity contribution >= 4 is 14.4 Å². The van der Waals surface area contributed by atoms with Crippen molar-refractivity contribution in [1.82, 2.24) is 4.90 Å². The highest BCUT2D eigenvalue weighted by Gasteiger charge is 2.44. The van der Waals surface area contributed by atoms with Crippen LogP contribution in [0, 0.1) is 5.92 Å². The van der Waals surface area contributed by atoms with E-state index >= 15 is 0 Å². The number of carbonyl (C=O) groups is 1. The first-order valence-electron chi connectivity index (χ1n) is 9.28. The van der Waals surface area contributed by atoms with Gasteiger partial charge in [-0.3, -0.25) is 0 Å². The fraction of sp³-hybridized carbons (Fsp3) is 0.632. The van der Waals surface area contributed by atoms with Crippen LogP contribution >= 0.6 is 0 Å². The summed E-state index contributed by atoms with van der Waals surface area (Å²) >= 11 is 0. The molecule has 148 valence electrons. The summed E-state index contributed by atoms with van der Waals surface area (Å²) in [7, 11) is -2.00. The summed E-state index contributed by atoms with van der Waals surface area (Å²) in [5.74, 6) is -0.0145. The fourth-order valence-electron chi connectivity index (χ4n) is 2.81. The lowest BCUT2D eigenvalue weighted by atomic mass is 10.1. The number of hydrogen-bond donors (Lipinski definition) is 0. The molecular weight excluding hydrogens is 360 g/mol. The standard InChI is InChI=1S/C19H30N4O3Si/c1-19(2,3)27(4,5)26-17-13-23(12-16(17)11-21-22-20)18(24)25-14-15-9-7-6-8-10-15/h6-10,16-17H,11-14H2,1-5H3/t16-,17-/m0/s1. The molecule has 0 saturated carbocycles. The molecule has 0 aliphatic carbocycles. The maximum absolute atomic E-state index is 12.5. The van der Waals surface area contributed by atoms with Gasteiger partial charge in [-0.1, -0.05) is 56.2 Å². The summed E-state index contributed by atoms with van der Waals surface area (Å²) in [5, 5.41) is 3.79. The maximum atomic E-state index is 12.5. The van der Waals surface area contributed by atoms with Gasteiger partial charge in [-0.25, -0.2) is 4.79 Å². The Morgan fingerprint density at radius 3 is 2.56 bits per heavy atom. The highest BCUT2D eigenvalue weighted by atomic mass is 28.4. The number of nitrogens with zero attached hydrogens (tertiary/aromatic N) is 4. The maximum Gasteiger partial charge on any atom is 0.410 e. The zero-order chi connectivity index (χ0) is 20.1. The number of hydrogen-bond acceptors (Lipinski definition) is 4. The highest BCUT2D eigenvalue weighted by Crippen LogP contribution is 2.39. The van der Waals surface area contributed by atoms with E-state index in [1.165, 1.54) is 0 Å². The van der Waals surface area contributed by atoms with Gasteiger partial charge < -0.3 is 14.1 Å². The number of likely N-dealkylation sites (tertiary alicyclic amines) is 1. The van der Waals surface area contributed by atoms with Crippen LogP contribution in [0.5, 0.6) is 0 Å². The lowest BCUT2D eigenvalue weighted by molar-refractivity contribution is 0.0978. The van der Waals surface area contributed by atoms with Crippen molar-refractivity contribution in [1.29, 1.82) is 0 Å². The summed E-state index contributed by atoms with van der Waals surface area (Å²) in [6, 6.07) is 9.60. The normalized spacial score (nSPS) is 20.3. The number of benzene rings is 1. The van der Waals surface area contributed by atoms with Crippen molar-refractivity contribution in [3.8, 4) is 0 Å². The van der Waals surface area contributed by atoms with E-state index in [1.807, 2.05) is 30.3 Å². The van der Waals surface area contributed by atoms with E-state index < -0.39 is 8.32 Å². The summed E-state index contributed by atoms with van der Waals surface area (Å²) in [5.41, 5.74) is 9.63. The quantitative estimate of drug-likeness (QED) is 0.298. The molecule has 1 saturated heterocycles. The highest BCUT2D eigenvalue weighted by molar-refractivity contribution is 6.74. The molecule has 0 bridgehead atoms. The minimum Gasteiger partial charge on any atom is -0.445 e. The van der Waals surface area contributed by atoms with Gasteiger partial charge in [-0.15, -0.1) is 0 Å². The Kier molecular flexibility index (Phi) is 6.92. The van der Waals surface area contributed by atoms with Crippen LogP contribution in [0.15, 0.2) is 35.4 Å². The molecule has 0 unspecified atom stereocenters. The van der Waals surface area contributed by atoms with E-state index in [2.05, 4.69) is 43.9 Å². The molecule has 0 radical (unpaired) electrons. The molecule has 2 rings (SSSR count). The van der Waals surface area contributed by atoms with Gasteiger partial charge in [0.05, 0.1) is 6.10 Å². The molecular formula is C19H30N4O3Si. The second-order valence-electron chi connectivity index (χ2n) is 8.54. The van der Waals surface area contributed by atoms with Gasteiger partial charge in [0, 0.05) is 30.5 Å².